The number of nitrogens with two attached hydrogens (primary N) is 1. The Kier molecular flexibility index (Phi) is 10.1. The Bertz CT molecular complexity index is 186. The van der Waals surface area contributed by atoms with Crippen molar-refractivity contribution < 1.29 is 22.3 Å². The summed E-state index contributed by atoms with van der Waals surface area (Å²) >= 11 is 0. The highest BCUT2D eigenvalue weighted by molar-refractivity contribution is 7.80. The van der Waals surface area contributed by atoms with Gasteiger partial charge in [0.25, 0.3) is 0 Å². The second-order valence-electron chi connectivity index (χ2n) is 1.51. The first-order valence-electron chi connectivity index (χ1n) is 3.01. The van der Waals surface area contributed by atoms with Crippen LogP contribution < -0.4 is 5.73 Å². The van der Waals surface area contributed by atoms with Crippen molar-refractivity contribution in [3.8, 4) is 0 Å². The maximum Gasteiger partial charge on any atom is 0.397 e. The quantitative estimate of drug-likeness (QED) is 0.393. The zero-order valence-corrected chi connectivity index (χ0v) is 7.33. The average molecular weight is 199 g/mol. The highest BCUT2D eigenvalue weighted by Gasteiger charge is 1.99. The first-order valence-corrected chi connectivity index (χ1v) is 4.38. The third-order valence-corrected chi connectivity index (χ3v) is 0.898. The fourth-order valence-corrected chi connectivity index (χ4v) is 0.402. The smallest absolute Gasteiger partial charge is 0.395 e. The molecule has 0 aromatic carbocycles. The molecule has 6 nitrogen and oxygen atoms in total. The molecule has 7 heteroatoms. The molecule has 0 aromatic heterocycles. The van der Waals surface area contributed by atoms with Crippen molar-refractivity contribution in [3.05, 3.63) is 12.7 Å². The van der Waals surface area contributed by atoms with E-state index < -0.39 is 10.4 Å². The van der Waals surface area contributed by atoms with Gasteiger partial charge in [-0.05, 0) is 0 Å². The normalized spacial score (nSPS) is 9.92. The van der Waals surface area contributed by atoms with Gasteiger partial charge < -0.3 is 10.8 Å². The van der Waals surface area contributed by atoms with E-state index in [1.54, 1.807) is 0 Å². The van der Waals surface area contributed by atoms with Crippen LogP contribution in [0.2, 0.25) is 0 Å². The van der Waals surface area contributed by atoms with E-state index in [0.717, 1.165) is 0 Å². The molecule has 0 spiro atoms. The van der Waals surface area contributed by atoms with Crippen molar-refractivity contribution in [1.29, 1.82) is 0 Å². The van der Waals surface area contributed by atoms with Gasteiger partial charge in [0.05, 0.1) is 13.2 Å². The van der Waals surface area contributed by atoms with Gasteiger partial charge >= 0.3 is 10.4 Å². The lowest BCUT2D eigenvalue weighted by molar-refractivity contribution is 0.296. The van der Waals surface area contributed by atoms with E-state index >= 15 is 0 Å². The first kappa shape index (κ1) is 14.1. The van der Waals surface area contributed by atoms with E-state index in [1.165, 1.54) is 6.08 Å². The molecule has 0 atom stereocenters. The fraction of sp³-hybridized carbons (Fsp3) is 0.600. The molecule has 0 saturated carbocycles. The molecule has 74 valence electrons. The number of hydrogen-bond donors (Lipinski definition) is 3. The molecule has 4 N–H and O–H groups in total. The van der Waals surface area contributed by atoms with Crippen LogP contribution in [0.3, 0.4) is 0 Å². The van der Waals surface area contributed by atoms with Crippen molar-refractivity contribution in [2.45, 2.75) is 0 Å². The number of aliphatic hydroxyl groups is 1. The number of aliphatic hydroxyl groups excluding tert-OH is 1. The summed E-state index contributed by atoms with van der Waals surface area (Å²) < 4.78 is 31.0. The Balaban J connectivity index is 0. The summed E-state index contributed by atoms with van der Waals surface area (Å²) in [5.74, 6) is 0. The van der Waals surface area contributed by atoms with Crippen LogP contribution in [0.5, 0.6) is 0 Å². The zero-order valence-electron chi connectivity index (χ0n) is 6.51. The maximum absolute atomic E-state index is 9.68. The fourth-order valence-electron chi connectivity index (χ4n) is 0.134. The van der Waals surface area contributed by atoms with Gasteiger partial charge in [0.1, 0.15) is 0 Å². The van der Waals surface area contributed by atoms with Crippen LogP contribution in [-0.4, -0.2) is 37.8 Å². The van der Waals surface area contributed by atoms with E-state index in [0.29, 0.717) is 6.54 Å². The second-order valence-corrected chi connectivity index (χ2v) is 2.60. The SMILES string of the molecule is C=CCOS(=O)(=O)O.NCCO. The molecule has 0 saturated heterocycles. The molecular weight excluding hydrogens is 186 g/mol. The van der Waals surface area contributed by atoms with Gasteiger partial charge in [-0.3, -0.25) is 4.55 Å². The predicted octanol–water partition coefficient (Wildman–Crippen LogP) is -1.07. The lowest BCUT2D eigenvalue weighted by Gasteiger charge is -1.90. The largest absolute Gasteiger partial charge is 0.397 e. The molecule has 12 heavy (non-hydrogen) atoms. The van der Waals surface area contributed by atoms with E-state index in [4.69, 9.17) is 15.4 Å². The molecule has 0 amide bonds. The van der Waals surface area contributed by atoms with Crippen LogP contribution in [0, 0.1) is 0 Å². The van der Waals surface area contributed by atoms with Crippen LogP contribution in [-0.2, 0) is 14.6 Å². The van der Waals surface area contributed by atoms with Crippen molar-refractivity contribution in [3.63, 3.8) is 0 Å². The number of hydrogen-bond acceptors (Lipinski definition) is 5. The van der Waals surface area contributed by atoms with Gasteiger partial charge in [-0.2, -0.15) is 8.42 Å². The molecule has 0 radical (unpaired) electrons. The Hall–Kier alpha value is -0.470. The van der Waals surface area contributed by atoms with Gasteiger partial charge in [0.15, 0.2) is 0 Å². The third-order valence-electron chi connectivity index (χ3n) is 0.464. The monoisotopic (exact) mass is 199 g/mol. The van der Waals surface area contributed by atoms with Crippen LogP contribution in [0.1, 0.15) is 0 Å². The minimum Gasteiger partial charge on any atom is -0.395 e. The molecule has 0 rings (SSSR count). The van der Waals surface area contributed by atoms with Crippen molar-refractivity contribution >= 4 is 10.4 Å². The van der Waals surface area contributed by atoms with Crippen molar-refractivity contribution in [2.24, 2.45) is 5.73 Å². The van der Waals surface area contributed by atoms with Gasteiger partial charge in [-0.15, -0.1) is 6.58 Å². The topological polar surface area (TPSA) is 110 Å². The molecule has 0 aromatic rings. The molecule has 0 aliphatic rings. The van der Waals surface area contributed by atoms with Crippen LogP contribution >= 0.6 is 0 Å². The average Bonchev–Trinajstić information content (AvgIpc) is 2.00. The van der Waals surface area contributed by atoms with Gasteiger partial charge in [-0.25, -0.2) is 4.18 Å². The van der Waals surface area contributed by atoms with Gasteiger partial charge in [0, 0.05) is 6.54 Å². The summed E-state index contributed by atoms with van der Waals surface area (Å²) in [5.41, 5.74) is 4.78. The van der Waals surface area contributed by atoms with E-state index in [2.05, 4.69) is 10.8 Å². The van der Waals surface area contributed by atoms with E-state index in [-0.39, 0.29) is 13.2 Å². The second kappa shape index (κ2) is 8.62. The molecule has 0 bridgehead atoms. The molecular formula is C5H13NO5S. The van der Waals surface area contributed by atoms with E-state index in [1.807, 2.05) is 0 Å². The molecule has 0 fully saturated rings. The van der Waals surface area contributed by atoms with Gasteiger partial charge in [0.2, 0.25) is 0 Å². The summed E-state index contributed by atoms with van der Waals surface area (Å²) in [4.78, 5) is 0. The third kappa shape index (κ3) is 22.7. The Labute approximate surface area is 71.6 Å². The van der Waals surface area contributed by atoms with E-state index in [9.17, 15) is 8.42 Å². The molecule has 0 aliphatic carbocycles. The number of rotatable bonds is 4. The summed E-state index contributed by atoms with van der Waals surface area (Å²) in [7, 11) is -4.26. The zero-order chi connectivity index (χ0) is 10.0. The summed E-state index contributed by atoms with van der Waals surface area (Å²) in [6.07, 6.45) is 1.22. The van der Waals surface area contributed by atoms with Crippen LogP contribution in [0.15, 0.2) is 12.7 Å². The lowest BCUT2D eigenvalue weighted by atomic mass is 10.7. The van der Waals surface area contributed by atoms with Crippen molar-refractivity contribution in [1.82, 2.24) is 0 Å². The minimum absolute atomic E-state index is 0.0972. The van der Waals surface area contributed by atoms with Crippen LogP contribution in [0.25, 0.3) is 0 Å². The first-order chi connectivity index (χ1) is 5.47. The summed E-state index contributed by atoms with van der Waals surface area (Å²) in [5, 5.41) is 7.75. The van der Waals surface area contributed by atoms with Gasteiger partial charge in [-0.1, -0.05) is 6.08 Å². The molecule has 0 heterocycles. The summed E-state index contributed by atoms with van der Waals surface area (Å²) in [6, 6.07) is 0. The molecule has 0 aliphatic heterocycles. The standard InChI is InChI=1S/C3H6O4S.C2H7NO/c1-2-3-7-8(4,5)6;3-1-2-4/h2H,1,3H2,(H,4,5,6);4H,1-3H2. The Morgan fingerprint density at radius 1 is 1.58 bits per heavy atom. The maximum atomic E-state index is 9.68. The summed E-state index contributed by atoms with van der Waals surface area (Å²) in [6.45, 7) is 3.44. The van der Waals surface area contributed by atoms with Crippen molar-refractivity contribution in [2.75, 3.05) is 19.8 Å². The minimum atomic E-state index is -4.26. The lowest BCUT2D eigenvalue weighted by Crippen LogP contribution is -2.02. The Morgan fingerprint density at radius 2 is 2.00 bits per heavy atom. The Morgan fingerprint density at radius 3 is 2.08 bits per heavy atom. The predicted molar refractivity (Wildman–Crippen MR) is 43.8 cm³/mol. The highest BCUT2D eigenvalue weighted by Crippen LogP contribution is 1.83. The van der Waals surface area contributed by atoms with Crippen LogP contribution in [0.4, 0.5) is 0 Å². The molecule has 0 unspecified atom stereocenters. The highest BCUT2D eigenvalue weighted by atomic mass is 32.3.